The van der Waals surface area contributed by atoms with Crippen molar-refractivity contribution in [3.63, 3.8) is 0 Å². The van der Waals surface area contributed by atoms with Gasteiger partial charge in [0.25, 0.3) is 5.56 Å². The Labute approximate surface area is 190 Å². The van der Waals surface area contributed by atoms with Crippen LogP contribution in [0.2, 0.25) is 0 Å². The number of anilines is 3. The number of allylic oxidation sites excluding steroid dienone is 1. The second kappa shape index (κ2) is 8.89. The second-order valence-corrected chi connectivity index (χ2v) is 8.47. The molecule has 10 nitrogen and oxygen atoms in total. The molecule has 4 rings (SSSR count). The van der Waals surface area contributed by atoms with Gasteiger partial charge in [-0.15, -0.1) is 0 Å². The second-order valence-electron chi connectivity index (χ2n) is 8.47. The number of primary amides is 1. The summed E-state index contributed by atoms with van der Waals surface area (Å²) in [7, 11) is 0. The molecule has 1 aromatic heterocycles. The molecule has 2 aromatic rings. The number of carbonyl (C=O) groups excluding carboxylic acids is 3. The number of rotatable bonds is 5. The number of nitrogens with two attached hydrogens (primary N) is 1. The lowest BCUT2D eigenvalue weighted by molar-refractivity contribution is -0.123. The van der Waals surface area contributed by atoms with Crippen LogP contribution in [0.4, 0.5) is 17.5 Å². The molecule has 10 heteroatoms. The van der Waals surface area contributed by atoms with Crippen LogP contribution in [0.1, 0.15) is 43.2 Å². The van der Waals surface area contributed by atoms with Gasteiger partial charge in [0.05, 0.1) is 11.5 Å². The molecular formula is C23H26N6O4. The standard InChI is InChI=1S/C23H26N6O4/c1-12(2)13-3-5-15(6-4-13)25-21(32)16-11-17(30)26-20-18(16)22(33)28-23(27-20)29-9-7-14(8-10-29)19(24)31/h3-6,14,16H,1,7-11H2,2H3,(H2,24,31)(H,25,32)(H2,26,27,28,30,33)/t16-/m1/s1. The highest BCUT2D eigenvalue weighted by molar-refractivity contribution is 6.04. The number of nitrogens with zero attached hydrogens (tertiary/aromatic N) is 2. The molecular weight excluding hydrogens is 424 g/mol. The van der Waals surface area contributed by atoms with Gasteiger partial charge in [0.2, 0.25) is 23.7 Å². The molecule has 0 unspecified atom stereocenters. The Balaban J connectivity index is 1.56. The van der Waals surface area contributed by atoms with Gasteiger partial charge in [0.15, 0.2) is 0 Å². The van der Waals surface area contributed by atoms with Crippen molar-refractivity contribution in [3.05, 3.63) is 52.3 Å². The van der Waals surface area contributed by atoms with E-state index in [9.17, 15) is 19.2 Å². The first-order valence-electron chi connectivity index (χ1n) is 10.8. The zero-order valence-corrected chi connectivity index (χ0v) is 18.3. The fraction of sp³-hybridized carbons (Fsp3) is 0.348. The first-order chi connectivity index (χ1) is 15.7. The molecule has 0 aliphatic carbocycles. The van der Waals surface area contributed by atoms with Crippen molar-refractivity contribution < 1.29 is 14.4 Å². The maximum absolute atomic E-state index is 13.0. The number of aromatic amines is 1. The Kier molecular flexibility index (Phi) is 5.99. The molecule has 1 fully saturated rings. The van der Waals surface area contributed by atoms with Crippen molar-refractivity contribution >= 4 is 40.7 Å². The minimum atomic E-state index is -0.972. The molecule has 172 valence electrons. The quantitative estimate of drug-likeness (QED) is 0.543. The highest BCUT2D eigenvalue weighted by Crippen LogP contribution is 2.31. The van der Waals surface area contributed by atoms with E-state index >= 15 is 0 Å². The van der Waals surface area contributed by atoms with E-state index in [4.69, 9.17) is 5.73 Å². The predicted molar refractivity (Wildman–Crippen MR) is 125 cm³/mol. The highest BCUT2D eigenvalue weighted by Gasteiger charge is 2.35. The maximum atomic E-state index is 13.0. The van der Waals surface area contributed by atoms with Gasteiger partial charge in [-0.2, -0.15) is 4.98 Å². The van der Waals surface area contributed by atoms with Crippen LogP contribution < -0.4 is 26.8 Å². The van der Waals surface area contributed by atoms with E-state index in [1.807, 2.05) is 24.0 Å². The number of amides is 3. The lowest BCUT2D eigenvalue weighted by Crippen LogP contribution is -2.41. The van der Waals surface area contributed by atoms with Crippen LogP contribution in [0.3, 0.4) is 0 Å². The SMILES string of the molecule is C=C(C)c1ccc(NC(=O)[C@@H]2CC(=O)Nc3nc(N4CCC(C(N)=O)CC4)[nH]c(=O)c32)cc1. The van der Waals surface area contributed by atoms with Crippen LogP contribution >= 0.6 is 0 Å². The van der Waals surface area contributed by atoms with E-state index < -0.39 is 23.3 Å². The first kappa shape index (κ1) is 22.3. The number of fused-ring (bicyclic) bond motifs is 1. The monoisotopic (exact) mass is 450 g/mol. The Morgan fingerprint density at radius 1 is 1.18 bits per heavy atom. The smallest absolute Gasteiger partial charge is 0.258 e. The number of H-pyrrole nitrogens is 1. The van der Waals surface area contributed by atoms with E-state index in [0.717, 1.165) is 11.1 Å². The van der Waals surface area contributed by atoms with Gasteiger partial charge in [-0.3, -0.25) is 24.2 Å². The van der Waals surface area contributed by atoms with E-state index in [0.29, 0.717) is 37.6 Å². The third-order valence-corrected chi connectivity index (χ3v) is 6.10. The molecule has 0 bridgehead atoms. The molecule has 5 N–H and O–H groups in total. The maximum Gasteiger partial charge on any atom is 0.258 e. The van der Waals surface area contributed by atoms with E-state index in [1.165, 1.54) is 0 Å². The molecule has 0 saturated carbocycles. The lowest BCUT2D eigenvalue weighted by atomic mass is 9.92. The zero-order chi connectivity index (χ0) is 23.7. The summed E-state index contributed by atoms with van der Waals surface area (Å²) in [5.41, 5.74) is 7.43. The van der Waals surface area contributed by atoms with Gasteiger partial charge in [0, 0.05) is 31.1 Å². The molecule has 0 radical (unpaired) electrons. The number of nitrogens with one attached hydrogen (secondary N) is 3. The first-order valence-corrected chi connectivity index (χ1v) is 10.8. The molecule has 1 saturated heterocycles. The number of carbonyl (C=O) groups is 3. The van der Waals surface area contributed by atoms with E-state index in [2.05, 4.69) is 27.2 Å². The van der Waals surface area contributed by atoms with Crippen LogP contribution in [0.25, 0.3) is 5.57 Å². The fourth-order valence-electron chi connectivity index (χ4n) is 4.18. The molecule has 1 aromatic carbocycles. The van der Waals surface area contributed by atoms with Gasteiger partial charge >= 0.3 is 0 Å². The van der Waals surface area contributed by atoms with Crippen molar-refractivity contribution in [2.24, 2.45) is 11.7 Å². The van der Waals surface area contributed by atoms with Gasteiger partial charge in [0.1, 0.15) is 5.82 Å². The summed E-state index contributed by atoms with van der Waals surface area (Å²) < 4.78 is 0. The largest absolute Gasteiger partial charge is 0.369 e. The number of benzene rings is 1. The Hall–Kier alpha value is -3.95. The van der Waals surface area contributed by atoms with Crippen molar-refractivity contribution in [3.8, 4) is 0 Å². The van der Waals surface area contributed by atoms with Crippen molar-refractivity contribution in [1.29, 1.82) is 0 Å². The molecule has 2 aliphatic rings. The van der Waals surface area contributed by atoms with Gasteiger partial charge in [-0.25, -0.2) is 0 Å². The van der Waals surface area contributed by atoms with Gasteiger partial charge < -0.3 is 21.3 Å². The molecule has 1 atom stereocenters. The number of hydrogen-bond donors (Lipinski definition) is 4. The molecule has 33 heavy (non-hydrogen) atoms. The summed E-state index contributed by atoms with van der Waals surface area (Å²) in [5.74, 6) is -1.99. The summed E-state index contributed by atoms with van der Waals surface area (Å²) >= 11 is 0. The molecule has 3 heterocycles. The van der Waals surface area contributed by atoms with E-state index in [1.54, 1.807) is 12.1 Å². The Morgan fingerprint density at radius 2 is 1.85 bits per heavy atom. The lowest BCUT2D eigenvalue weighted by Gasteiger charge is -2.32. The molecule has 2 aliphatic heterocycles. The number of piperidine rings is 1. The summed E-state index contributed by atoms with van der Waals surface area (Å²) in [6.07, 6.45) is 0.951. The van der Waals surface area contributed by atoms with Crippen LogP contribution in [0.5, 0.6) is 0 Å². The molecule has 3 amide bonds. The van der Waals surface area contributed by atoms with Crippen molar-refractivity contribution in [1.82, 2.24) is 9.97 Å². The Bertz CT molecular complexity index is 1180. The topological polar surface area (TPSA) is 150 Å². The third kappa shape index (κ3) is 4.64. The van der Waals surface area contributed by atoms with Crippen LogP contribution in [-0.4, -0.2) is 40.8 Å². The number of hydrogen-bond acceptors (Lipinski definition) is 6. The van der Waals surface area contributed by atoms with Gasteiger partial charge in [-0.1, -0.05) is 24.3 Å². The van der Waals surface area contributed by atoms with Crippen molar-refractivity contribution in [2.75, 3.05) is 28.6 Å². The van der Waals surface area contributed by atoms with Crippen LogP contribution in [-0.2, 0) is 14.4 Å². The average Bonchev–Trinajstić information content (AvgIpc) is 2.78. The summed E-state index contributed by atoms with van der Waals surface area (Å²) in [6, 6.07) is 7.16. The normalized spacial score (nSPS) is 18.3. The van der Waals surface area contributed by atoms with Crippen LogP contribution in [0.15, 0.2) is 35.6 Å². The Morgan fingerprint density at radius 3 is 2.45 bits per heavy atom. The minimum absolute atomic E-state index is 0.0832. The molecule has 0 spiro atoms. The summed E-state index contributed by atoms with van der Waals surface area (Å²) in [5, 5.41) is 5.39. The minimum Gasteiger partial charge on any atom is -0.369 e. The zero-order valence-electron chi connectivity index (χ0n) is 18.3. The fourth-order valence-corrected chi connectivity index (χ4v) is 4.18. The van der Waals surface area contributed by atoms with Crippen molar-refractivity contribution in [2.45, 2.75) is 32.1 Å². The third-order valence-electron chi connectivity index (χ3n) is 6.10. The average molecular weight is 450 g/mol. The summed E-state index contributed by atoms with van der Waals surface area (Å²) in [6.45, 7) is 6.76. The summed E-state index contributed by atoms with van der Waals surface area (Å²) in [4.78, 5) is 58.6. The van der Waals surface area contributed by atoms with Crippen LogP contribution in [0, 0.1) is 5.92 Å². The van der Waals surface area contributed by atoms with Gasteiger partial charge in [-0.05, 0) is 37.5 Å². The number of aromatic nitrogens is 2. The highest BCUT2D eigenvalue weighted by atomic mass is 16.2. The van der Waals surface area contributed by atoms with E-state index in [-0.39, 0.29) is 29.6 Å². The predicted octanol–water partition coefficient (Wildman–Crippen LogP) is 1.57.